The summed E-state index contributed by atoms with van der Waals surface area (Å²) in [6.45, 7) is 6.21. The van der Waals surface area contributed by atoms with Crippen LogP contribution >= 0.6 is 0 Å². The Morgan fingerprint density at radius 3 is 2.60 bits per heavy atom. The minimum absolute atomic E-state index is 0.108. The number of ketones is 1. The molecule has 2 aliphatic heterocycles. The highest BCUT2D eigenvalue weighted by Gasteiger charge is 2.66. The van der Waals surface area contributed by atoms with E-state index in [9.17, 15) is 19.5 Å². The second-order valence-corrected chi connectivity index (χ2v) is 8.53. The molecule has 0 unspecified atom stereocenters. The molecule has 0 saturated carbocycles. The Morgan fingerprint density at radius 1 is 1.17 bits per heavy atom. The number of rotatable bonds is 8. The van der Waals surface area contributed by atoms with E-state index in [1.807, 2.05) is 0 Å². The summed E-state index contributed by atoms with van der Waals surface area (Å²) in [7, 11) is 3.14. The van der Waals surface area contributed by atoms with Crippen molar-refractivity contribution in [1.82, 2.24) is 4.90 Å². The highest BCUT2D eigenvalue weighted by atomic mass is 16.5. The number of carbonyl (C=O) groups is 3. The zero-order valence-electron chi connectivity index (χ0n) is 20.0. The van der Waals surface area contributed by atoms with Gasteiger partial charge in [0, 0.05) is 44.1 Å². The van der Waals surface area contributed by atoms with Crippen molar-refractivity contribution >= 4 is 29.0 Å². The summed E-state index contributed by atoms with van der Waals surface area (Å²) in [6, 6.07) is 11.9. The maximum absolute atomic E-state index is 13.9. The Balaban J connectivity index is 1.95. The van der Waals surface area contributed by atoms with Crippen LogP contribution in [-0.4, -0.2) is 61.5 Å². The minimum atomic E-state index is -1.76. The Labute approximate surface area is 204 Å². The van der Waals surface area contributed by atoms with Gasteiger partial charge >= 0.3 is 0 Å². The van der Waals surface area contributed by atoms with Crippen molar-refractivity contribution in [2.75, 3.05) is 38.8 Å². The number of fused-ring (bicyclic) bond motifs is 2. The average molecular weight is 477 g/mol. The van der Waals surface area contributed by atoms with Crippen LogP contribution in [0.5, 0.6) is 5.75 Å². The SMILES string of the molecule is C=CCOc1ccc(C(O)=C2C(=O)C(=O)N(CCCOC)[C@]23C(=O)N(C)c2ccccc23)cc1C. The van der Waals surface area contributed by atoms with Gasteiger partial charge in [-0.1, -0.05) is 30.9 Å². The fourth-order valence-corrected chi connectivity index (χ4v) is 4.89. The largest absolute Gasteiger partial charge is 0.507 e. The number of hydrogen-bond donors (Lipinski definition) is 1. The summed E-state index contributed by atoms with van der Waals surface area (Å²) in [6.07, 6.45) is 2.04. The van der Waals surface area contributed by atoms with Crippen molar-refractivity contribution in [1.29, 1.82) is 0 Å². The number of likely N-dealkylation sites (N-methyl/N-ethyl adjacent to an activating group) is 1. The van der Waals surface area contributed by atoms with Gasteiger partial charge in [-0.15, -0.1) is 0 Å². The molecule has 2 aromatic carbocycles. The third-order valence-electron chi connectivity index (χ3n) is 6.47. The van der Waals surface area contributed by atoms with Crippen molar-refractivity contribution in [3.05, 3.63) is 77.4 Å². The molecule has 35 heavy (non-hydrogen) atoms. The van der Waals surface area contributed by atoms with Crippen LogP contribution in [0.25, 0.3) is 5.76 Å². The van der Waals surface area contributed by atoms with Crippen LogP contribution in [0.2, 0.25) is 0 Å². The average Bonchev–Trinajstić information content (AvgIpc) is 3.21. The van der Waals surface area contributed by atoms with E-state index in [0.29, 0.717) is 42.2 Å². The number of benzene rings is 2. The van der Waals surface area contributed by atoms with Crippen molar-refractivity contribution in [2.45, 2.75) is 18.9 Å². The molecular weight excluding hydrogens is 448 g/mol. The molecule has 1 fully saturated rings. The fourth-order valence-electron chi connectivity index (χ4n) is 4.89. The van der Waals surface area contributed by atoms with Gasteiger partial charge in [-0.3, -0.25) is 14.4 Å². The van der Waals surface area contributed by atoms with Gasteiger partial charge in [-0.2, -0.15) is 0 Å². The van der Waals surface area contributed by atoms with Crippen LogP contribution in [0, 0.1) is 6.92 Å². The Bertz CT molecular complexity index is 1250. The molecule has 0 radical (unpaired) electrons. The van der Waals surface area contributed by atoms with E-state index in [-0.39, 0.29) is 12.1 Å². The van der Waals surface area contributed by atoms with Gasteiger partial charge in [0.05, 0.1) is 5.57 Å². The number of Topliss-reactive ketones (excluding diaryl/α,β-unsaturated/α-hetero) is 1. The lowest BCUT2D eigenvalue weighted by Gasteiger charge is -2.34. The predicted molar refractivity (Wildman–Crippen MR) is 131 cm³/mol. The number of ether oxygens (including phenoxy) is 2. The number of nitrogens with zero attached hydrogens (tertiary/aromatic N) is 2. The minimum Gasteiger partial charge on any atom is -0.507 e. The van der Waals surface area contributed by atoms with E-state index >= 15 is 0 Å². The molecular formula is C27H28N2O6. The first-order valence-corrected chi connectivity index (χ1v) is 11.3. The van der Waals surface area contributed by atoms with Crippen molar-refractivity contribution < 1.29 is 29.0 Å². The smallest absolute Gasteiger partial charge is 0.296 e. The summed E-state index contributed by atoms with van der Waals surface area (Å²) in [4.78, 5) is 43.3. The van der Waals surface area contributed by atoms with Crippen molar-refractivity contribution in [3.8, 4) is 5.75 Å². The second kappa shape index (κ2) is 9.38. The zero-order valence-corrected chi connectivity index (χ0v) is 20.0. The van der Waals surface area contributed by atoms with Gasteiger partial charge in [-0.25, -0.2) is 0 Å². The maximum atomic E-state index is 13.9. The van der Waals surface area contributed by atoms with Crippen LogP contribution in [0.4, 0.5) is 5.69 Å². The fraction of sp³-hybridized carbons (Fsp3) is 0.296. The quantitative estimate of drug-likeness (QED) is 0.207. The predicted octanol–water partition coefficient (Wildman–Crippen LogP) is 3.15. The van der Waals surface area contributed by atoms with Gasteiger partial charge < -0.3 is 24.4 Å². The lowest BCUT2D eigenvalue weighted by molar-refractivity contribution is -0.143. The van der Waals surface area contributed by atoms with Crippen LogP contribution < -0.4 is 9.64 Å². The third-order valence-corrected chi connectivity index (χ3v) is 6.47. The molecule has 2 heterocycles. The molecule has 0 bridgehead atoms. The number of anilines is 1. The molecule has 0 aromatic heterocycles. The number of methoxy groups -OCH3 is 1. The molecule has 8 heteroatoms. The number of likely N-dealkylation sites (tertiary alicyclic amines) is 1. The molecule has 1 N–H and O–H groups in total. The molecule has 2 amide bonds. The third kappa shape index (κ3) is 3.61. The molecule has 8 nitrogen and oxygen atoms in total. The van der Waals surface area contributed by atoms with Crippen molar-refractivity contribution in [2.24, 2.45) is 0 Å². The molecule has 0 aliphatic carbocycles. The highest BCUT2D eigenvalue weighted by Crippen LogP contribution is 2.53. The molecule has 182 valence electrons. The standard InChI is InChI=1S/C27H28N2O6/c1-5-14-35-21-12-11-18(16-17(21)2)23(30)22-24(31)25(32)29(13-8-15-34-4)27(22)19-9-6-7-10-20(19)28(3)26(27)33/h5-7,9-12,16,30H,1,8,13-15H2,2-4H3/t27-/m0/s1. The van der Waals surface area contributed by atoms with E-state index < -0.39 is 28.9 Å². The number of aliphatic hydroxyl groups excluding tert-OH is 1. The maximum Gasteiger partial charge on any atom is 0.296 e. The number of amides is 2. The monoisotopic (exact) mass is 476 g/mol. The molecule has 2 aliphatic rings. The van der Waals surface area contributed by atoms with Gasteiger partial charge in [0.2, 0.25) is 0 Å². The Morgan fingerprint density at radius 2 is 1.91 bits per heavy atom. The summed E-state index contributed by atoms with van der Waals surface area (Å²) in [5.74, 6) is -2.01. The van der Waals surface area contributed by atoms with Crippen molar-refractivity contribution in [3.63, 3.8) is 0 Å². The molecule has 1 saturated heterocycles. The van der Waals surface area contributed by atoms with E-state index in [0.717, 1.165) is 5.56 Å². The molecule has 1 atom stereocenters. The van der Waals surface area contributed by atoms with Gasteiger partial charge in [0.15, 0.2) is 5.54 Å². The Kier molecular flexibility index (Phi) is 6.49. The van der Waals surface area contributed by atoms with Gasteiger partial charge in [0.1, 0.15) is 18.1 Å². The normalized spacial score (nSPS) is 20.6. The zero-order chi connectivity index (χ0) is 25.3. The molecule has 2 aromatic rings. The first kappa shape index (κ1) is 24.2. The van der Waals surface area contributed by atoms with Gasteiger partial charge in [-0.05, 0) is 43.2 Å². The summed E-state index contributed by atoms with van der Waals surface area (Å²) >= 11 is 0. The number of hydrogen-bond acceptors (Lipinski definition) is 6. The summed E-state index contributed by atoms with van der Waals surface area (Å²) < 4.78 is 10.7. The number of aliphatic hydroxyl groups is 1. The lowest BCUT2D eigenvalue weighted by Crippen LogP contribution is -2.51. The van der Waals surface area contributed by atoms with Crippen LogP contribution in [-0.2, 0) is 24.7 Å². The summed E-state index contributed by atoms with van der Waals surface area (Å²) in [5.41, 5.74) is 0.0844. The van der Waals surface area contributed by atoms with Crippen LogP contribution in [0.3, 0.4) is 0 Å². The first-order valence-electron chi connectivity index (χ1n) is 11.3. The highest BCUT2D eigenvalue weighted by molar-refractivity contribution is 6.50. The Hall–Kier alpha value is -3.91. The lowest BCUT2D eigenvalue weighted by atomic mass is 9.81. The second-order valence-electron chi connectivity index (χ2n) is 8.53. The summed E-state index contributed by atoms with van der Waals surface area (Å²) in [5, 5.41) is 11.5. The number of aryl methyl sites for hydroxylation is 1. The number of para-hydroxylation sites is 1. The topological polar surface area (TPSA) is 96.4 Å². The van der Waals surface area contributed by atoms with E-state index in [2.05, 4.69) is 6.58 Å². The first-order chi connectivity index (χ1) is 16.8. The molecule has 4 rings (SSSR count). The molecule has 1 spiro atoms. The van der Waals surface area contributed by atoms with E-state index in [4.69, 9.17) is 9.47 Å². The number of carbonyl (C=O) groups excluding carboxylic acids is 3. The van der Waals surface area contributed by atoms with E-state index in [1.165, 1.54) is 9.80 Å². The van der Waals surface area contributed by atoms with E-state index in [1.54, 1.807) is 69.6 Å². The van der Waals surface area contributed by atoms with Crippen LogP contribution in [0.15, 0.2) is 60.7 Å². The van der Waals surface area contributed by atoms with Crippen LogP contribution in [0.1, 0.15) is 23.1 Å². The van der Waals surface area contributed by atoms with Gasteiger partial charge in [0.25, 0.3) is 17.6 Å².